The number of nitrogens with zero attached hydrogens (tertiary/aromatic N) is 1. The van der Waals surface area contributed by atoms with E-state index < -0.39 is 0 Å². The van der Waals surface area contributed by atoms with Gasteiger partial charge in [-0.25, -0.2) is 0 Å². The number of hydrogen-bond acceptors (Lipinski definition) is 2. The number of halogens is 2. The van der Waals surface area contributed by atoms with Crippen molar-refractivity contribution in [3.63, 3.8) is 0 Å². The van der Waals surface area contributed by atoms with Crippen molar-refractivity contribution in [2.24, 2.45) is 0 Å². The van der Waals surface area contributed by atoms with E-state index in [1.165, 1.54) is 0 Å². The Morgan fingerprint density at radius 3 is 2.75 bits per heavy atom. The minimum atomic E-state index is 0.608. The van der Waals surface area contributed by atoms with Crippen LogP contribution in [0.5, 0.6) is 5.75 Å². The Labute approximate surface area is 139 Å². The number of imidazole rings is 1. The largest absolute Gasteiger partial charge is 0.497 e. The number of ether oxygens (including phenoxy) is 1. The van der Waals surface area contributed by atoms with Crippen LogP contribution < -0.4 is 4.74 Å². The van der Waals surface area contributed by atoms with E-state index in [0.29, 0.717) is 9.79 Å². The maximum absolute atomic E-state index is 6.34. The standard InChI is InChI=1S/C14H10ClIN2OS/c1-19-9-3-5-13-11(7-9)17-14(20)18(13)12-4-2-8(16)6-10(12)15/h2-7H,1H3,(H,17,20). The molecule has 0 radical (unpaired) electrons. The van der Waals surface area contributed by atoms with Crippen molar-refractivity contribution in [3.8, 4) is 11.4 Å². The fraction of sp³-hybridized carbons (Fsp3) is 0.0714. The molecular weight excluding hydrogens is 407 g/mol. The molecular formula is C14H10ClIN2OS. The molecule has 0 saturated carbocycles. The topological polar surface area (TPSA) is 29.9 Å². The number of aromatic nitrogens is 2. The molecule has 0 bridgehead atoms. The lowest BCUT2D eigenvalue weighted by Crippen LogP contribution is -1.95. The molecule has 0 fully saturated rings. The summed E-state index contributed by atoms with van der Waals surface area (Å²) in [6.45, 7) is 0. The molecule has 20 heavy (non-hydrogen) atoms. The van der Waals surface area contributed by atoms with Gasteiger partial charge in [-0.2, -0.15) is 0 Å². The molecule has 3 nitrogen and oxygen atoms in total. The highest BCUT2D eigenvalue weighted by Gasteiger charge is 2.10. The number of rotatable bonds is 2. The van der Waals surface area contributed by atoms with Gasteiger partial charge in [0.1, 0.15) is 5.75 Å². The molecule has 0 unspecified atom stereocenters. The fourth-order valence-corrected chi connectivity index (χ4v) is 3.37. The Kier molecular flexibility index (Phi) is 3.74. The third-order valence-corrected chi connectivity index (χ3v) is 4.30. The smallest absolute Gasteiger partial charge is 0.182 e. The molecule has 3 aromatic rings. The van der Waals surface area contributed by atoms with Crippen LogP contribution in [0.15, 0.2) is 36.4 Å². The van der Waals surface area contributed by atoms with Gasteiger partial charge < -0.3 is 9.72 Å². The van der Waals surface area contributed by atoms with E-state index >= 15 is 0 Å². The second-order valence-corrected chi connectivity index (χ2v) is 6.28. The van der Waals surface area contributed by atoms with Crippen LogP contribution in [0.25, 0.3) is 16.7 Å². The summed E-state index contributed by atoms with van der Waals surface area (Å²) in [5.74, 6) is 0.787. The van der Waals surface area contributed by atoms with Crippen LogP contribution in [0.1, 0.15) is 0 Å². The monoisotopic (exact) mass is 416 g/mol. The van der Waals surface area contributed by atoms with Crippen LogP contribution in [0.4, 0.5) is 0 Å². The van der Waals surface area contributed by atoms with E-state index in [4.69, 9.17) is 28.6 Å². The second-order valence-electron chi connectivity index (χ2n) is 4.24. The minimum absolute atomic E-state index is 0.608. The highest BCUT2D eigenvalue weighted by atomic mass is 127. The molecule has 1 aromatic heterocycles. The van der Waals surface area contributed by atoms with Gasteiger partial charge in [0, 0.05) is 9.64 Å². The maximum Gasteiger partial charge on any atom is 0.182 e. The summed E-state index contributed by atoms with van der Waals surface area (Å²) in [6, 6.07) is 11.7. The predicted molar refractivity (Wildman–Crippen MR) is 92.7 cm³/mol. The van der Waals surface area contributed by atoms with Crippen LogP contribution in [-0.2, 0) is 0 Å². The molecule has 1 N–H and O–H groups in total. The summed E-state index contributed by atoms with van der Waals surface area (Å²) in [5.41, 5.74) is 2.76. The van der Waals surface area contributed by atoms with E-state index in [0.717, 1.165) is 26.0 Å². The van der Waals surface area contributed by atoms with E-state index in [9.17, 15) is 0 Å². The first-order chi connectivity index (χ1) is 9.60. The van der Waals surface area contributed by atoms with E-state index in [2.05, 4.69) is 27.6 Å². The van der Waals surface area contributed by atoms with Crippen molar-refractivity contribution in [2.75, 3.05) is 7.11 Å². The van der Waals surface area contributed by atoms with Crippen LogP contribution in [0.2, 0.25) is 5.02 Å². The first-order valence-corrected chi connectivity index (χ1v) is 7.71. The summed E-state index contributed by atoms with van der Waals surface area (Å²) in [6.07, 6.45) is 0. The Morgan fingerprint density at radius 1 is 1.25 bits per heavy atom. The highest BCUT2D eigenvalue weighted by molar-refractivity contribution is 14.1. The van der Waals surface area contributed by atoms with Gasteiger partial charge in [0.05, 0.1) is 28.9 Å². The summed E-state index contributed by atoms with van der Waals surface area (Å²) in [4.78, 5) is 3.18. The van der Waals surface area contributed by atoms with Gasteiger partial charge in [-0.3, -0.25) is 4.57 Å². The minimum Gasteiger partial charge on any atom is -0.497 e. The Bertz CT molecular complexity index is 856. The Balaban J connectivity index is 2.31. The lowest BCUT2D eigenvalue weighted by Gasteiger charge is -2.08. The van der Waals surface area contributed by atoms with Crippen molar-refractivity contribution in [2.45, 2.75) is 0 Å². The number of H-pyrrole nitrogens is 1. The average Bonchev–Trinajstić information content (AvgIpc) is 2.74. The second kappa shape index (κ2) is 5.38. The summed E-state index contributed by atoms with van der Waals surface area (Å²) < 4.78 is 8.85. The van der Waals surface area contributed by atoms with Gasteiger partial charge in [0.15, 0.2) is 4.77 Å². The molecule has 2 aromatic carbocycles. The normalized spacial score (nSPS) is 10.9. The van der Waals surface area contributed by atoms with Gasteiger partial charge in [0.25, 0.3) is 0 Å². The number of hydrogen-bond donors (Lipinski definition) is 1. The third-order valence-electron chi connectivity index (χ3n) is 3.04. The fourth-order valence-electron chi connectivity index (χ4n) is 2.12. The van der Waals surface area contributed by atoms with Crippen LogP contribution in [0.3, 0.4) is 0 Å². The number of methoxy groups -OCH3 is 1. The van der Waals surface area contributed by atoms with Crippen LogP contribution >= 0.6 is 46.4 Å². The lowest BCUT2D eigenvalue weighted by atomic mass is 10.2. The van der Waals surface area contributed by atoms with E-state index in [1.807, 2.05) is 41.0 Å². The molecule has 0 aliphatic rings. The van der Waals surface area contributed by atoms with E-state index in [1.54, 1.807) is 7.11 Å². The molecule has 0 saturated heterocycles. The molecule has 0 aliphatic carbocycles. The molecule has 0 atom stereocenters. The van der Waals surface area contributed by atoms with Crippen molar-refractivity contribution in [3.05, 3.63) is 49.8 Å². The number of fused-ring (bicyclic) bond motifs is 1. The summed E-state index contributed by atoms with van der Waals surface area (Å²) >= 11 is 14.0. The van der Waals surface area contributed by atoms with Crippen molar-refractivity contribution < 1.29 is 4.74 Å². The van der Waals surface area contributed by atoms with Crippen molar-refractivity contribution in [1.29, 1.82) is 0 Å². The quantitative estimate of drug-likeness (QED) is 0.473. The van der Waals surface area contributed by atoms with Gasteiger partial charge in [-0.15, -0.1) is 0 Å². The molecule has 0 aliphatic heterocycles. The summed E-state index contributed by atoms with van der Waals surface area (Å²) in [5, 5.41) is 0.671. The zero-order valence-corrected chi connectivity index (χ0v) is 14.2. The molecule has 102 valence electrons. The number of aromatic amines is 1. The zero-order chi connectivity index (χ0) is 14.3. The van der Waals surface area contributed by atoms with Crippen LogP contribution in [0, 0.1) is 8.34 Å². The molecule has 3 rings (SSSR count). The Morgan fingerprint density at radius 2 is 2.05 bits per heavy atom. The third kappa shape index (κ3) is 2.34. The summed E-state index contributed by atoms with van der Waals surface area (Å²) in [7, 11) is 1.64. The SMILES string of the molecule is COc1ccc2c(c1)[nH]c(=S)n2-c1ccc(I)cc1Cl. The van der Waals surface area contributed by atoms with Crippen molar-refractivity contribution >= 4 is 57.4 Å². The highest BCUT2D eigenvalue weighted by Crippen LogP contribution is 2.28. The molecule has 0 amide bonds. The first kappa shape index (κ1) is 13.9. The van der Waals surface area contributed by atoms with Gasteiger partial charge >= 0.3 is 0 Å². The maximum atomic E-state index is 6.34. The molecule has 0 spiro atoms. The molecule has 1 heterocycles. The van der Waals surface area contributed by atoms with Gasteiger partial charge in [0.2, 0.25) is 0 Å². The number of nitrogens with one attached hydrogen (secondary N) is 1. The van der Waals surface area contributed by atoms with Crippen LogP contribution in [-0.4, -0.2) is 16.7 Å². The van der Waals surface area contributed by atoms with Crippen molar-refractivity contribution in [1.82, 2.24) is 9.55 Å². The first-order valence-electron chi connectivity index (χ1n) is 5.84. The van der Waals surface area contributed by atoms with Gasteiger partial charge in [-0.05, 0) is 65.1 Å². The van der Waals surface area contributed by atoms with E-state index in [-0.39, 0.29) is 0 Å². The predicted octanol–water partition coefficient (Wildman–Crippen LogP) is 4.95. The Hall–Kier alpha value is -1.05. The van der Waals surface area contributed by atoms with Gasteiger partial charge in [-0.1, -0.05) is 11.6 Å². The zero-order valence-electron chi connectivity index (χ0n) is 10.5. The molecule has 6 heteroatoms. The number of benzene rings is 2. The lowest BCUT2D eigenvalue weighted by molar-refractivity contribution is 0.415. The average molecular weight is 417 g/mol.